The molecule has 1 N–H and O–H groups in total. The summed E-state index contributed by atoms with van der Waals surface area (Å²) in [6.45, 7) is 4.50. The second kappa shape index (κ2) is 6.01. The Morgan fingerprint density at radius 3 is 2.78 bits per heavy atom. The minimum absolute atomic E-state index is 0.129. The SMILES string of the molecule is Cc1nc(CNC2CCCCCC2C#N)oc1C. The van der Waals surface area contributed by atoms with Gasteiger partial charge in [0.1, 0.15) is 5.76 Å². The average molecular weight is 247 g/mol. The number of hydrogen-bond acceptors (Lipinski definition) is 4. The van der Waals surface area contributed by atoms with E-state index in [0.29, 0.717) is 6.54 Å². The molecule has 98 valence electrons. The molecule has 2 unspecified atom stereocenters. The van der Waals surface area contributed by atoms with Gasteiger partial charge in [-0.15, -0.1) is 0 Å². The summed E-state index contributed by atoms with van der Waals surface area (Å²) in [6, 6.07) is 2.72. The molecule has 1 aromatic heterocycles. The molecule has 0 amide bonds. The van der Waals surface area contributed by atoms with Gasteiger partial charge in [-0.05, 0) is 26.7 Å². The Bertz CT molecular complexity index is 413. The van der Waals surface area contributed by atoms with Crippen LogP contribution in [0.1, 0.15) is 49.4 Å². The molecule has 1 saturated carbocycles. The quantitative estimate of drug-likeness (QED) is 0.834. The van der Waals surface area contributed by atoms with Crippen molar-refractivity contribution in [1.29, 1.82) is 5.26 Å². The van der Waals surface area contributed by atoms with Crippen molar-refractivity contribution in [1.82, 2.24) is 10.3 Å². The van der Waals surface area contributed by atoms with Crippen LogP contribution in [0.5, 0.6) is 0 Å². The van der Waals surface area contributed by atoms with Gasteiger partial charge in [0.25, 0.3) is 0 Å². The summed E-state index contributed by atoms with van der Waals surface area (Å²) in [7, 11) is 0. The Kier molecular flexibility index (Phi) is 4.38. The van der Waals surface area contributed by atoms with E-state index in [1.165, 1.54) is 19.3 Å². The number of nitrogens with zero attached hydrogens (tertiary/aromatic N) is 2. The van der Waals surface area contributed by atoms with Crippen LogP contribution in [-0.4, -0.2) is 11.0 Å². The van der Waals surface area contributed by atoms with Gasteiger partial charge in [0.2, 0.25) is 5.89 Å². The lowest BCUT2D eigenvalue weighted by atomic mass is 9.96. The zero-order valence-electron chi connectivity index (χ0n) is 11.2. The van der Waals surface area contributed by atoms with Crippen molar-refractivity contribution in [3.05, 3.63) is 17.3 Å². The topological polar surface area (TPSA) is 61.9 Å². The largest absolute Gasteiger partial charge is 0.444 e. The van der Waals surface area contributed by atoms with Gasteiger partial charge in [-0.25, -0.2) is 4.98 Å². The molecule has 0 aromatic carbocycles. The van der Waals surface area contributed by atoms with Gasteiger partial charge in [0.05, 0.1) is 24.2 Å². The first kappa shape index (κ1) is 13.1. The minimum atomic E-state index is 0.129. The fraction of sp³-hybridized carbons (Fsp3) is 0.714. The van der Waals surface area contributed by atoms with Gasteiger partial charge < -0.3 is 9.73 Å². The molecule has 2 atom stereocenters. The predicted octanol–water partition coefficient (Wildman–Crippen LogP) is 2.85. The second-order valence-corrected chi connectivity index (χ2v) is 5.11. The number of aryl methyl sites for hydroxylation is 2. The monoisotopic (exact) mass is 247 g/mol. The standard InChI is InChI=1S/C14H21N3O/c1-10-11(2)18-14(17-10)9-16-13-7-5-3-4-6-12(13)8-15/h12-13,16H,3-7,9H2,1-2H3. The zero-order valence-corrected chi connectivity index (χ0v) is 11.2. The maximum atomic E-state index is 9.20. The lowest BCUT2D eigenvalue weighted by molar-refractivity contribution is 0.363. The molecular weight excluding hydrogens is 226 g/mol. The van der Waals surface area contributed by atoms with E-state index in [2.05, 4.69) is 16.4 Å². The Hall–Kier alpha value is -1.34. The van der Waals surface area contributed by atoms with Crippen molar-refractivity contribution < 1.29 is 4.42 Å². The van der Waals surface area contributed by atoms with E-state index in [1.807, 2.05) is 13.8 Å². The first-order valence-corrected chi connectivity index (χ1v) is 6.76. The van der Waals surface area contributed by atoms with Gasteiger partial charge in [-0.2, -0.15) is 5.26 Å². The molecule has 0 saturated heterocycles. The lowest BCUT2D eigenvalue weighted by Gasteiger charge is -2.19. The highest BCUT2D eigenvalue weighted by Gasteiger charge is 2.23. The first-order chi connectivity index (χ1) is 8.70. The van der Waals surface area contributed by atoms with Crippen LogP contribution in [-0.2, 0) is 6.54 Å². The van der Waals surface area contributed by atoms with Gasteiger partial charge >= 0.3 is 0 Å². The van der Waals surface area contributed by atoms with E-state index in [0.717, 1.165) is 30.2 Å². The van der Waals surface area contributed by atoms with Crippen molar-refractivity contribution in [2.45, 2.75) is 58.5 Å². The van der Waals surface area contributed by atoms with Gasteiger partial charge in [-0.3, -0.25) is 0 Å². The highest BCUT2D eigenvalue weighted by molar-refractivity contribution is 5.05. The summed E-state index contributed by atoms with van der Waals surface area (Å²) < 4.78 is 5.55. The number of aromatic nitrogens is 1. The average Bonchev–Trinajstić information content (AvgIpc) is 2.57. The Labute approximate surface area is 108 Å². The van der Waals surface area contributed by atoms with Crippen molar-refractivity contribution in [3.63, 3.8) is 0 Å². The second-order valence-electron chi connectivity index (χ2n) is 5.11. The van der Waals surface area contributed by atoms with Gasteiger partial charge in [-0.1, -0.05) is 19.3 Å². The third-order valence-electron chi connectivity index (χ3n) is 3.77. The van der Waals surface area contributed by atoms with Crippen LogP contribution in [0, 0.1) is 31.1 Å². The van der Waals surface area contributed by atoms with E-state index < -0.39 is 0 Å². The molecule has 18 heavy (non-hydrogen) atoms. The fourth-order valence-electron chi connectivity index (χ4n) is 2.54. The maximum Gasteiger partial charge on any atom is 0.208 e. The predicted molar refractivity (Wildman–Crippen MR) is 68.8 cm³/mol. The molecular formula is C14H21N3O. The lowest BCUT2D eigenvalue weighted by Crippen LogP contribution is -2.34. The van der Waals surface area contributed by atoms with E-state index in [4.69, 9.17) is 4.42 Å². The maximum absolute atomic E-state index is 9.20. The Balaban J connectivity index is 1.93. The van der Waals surface area contributed by atoms with E-state index in [-0.39, 0.29) is 12.0 Å². The normalized spacial score (nSPS) is 24.5. The van der Waals surface area contributed by atoms with E-state index in [9.17, 15) is 5.26 Å². The summed E-state index contributed by atoms with van der Waals surface area (Å²) >= 11 is 0. The molecule has 0 spiro atoms. The Morgan fingerprint density at radius 2 is 2.11 bits per heavy atom. The van der Waals surface area contributed by atoms with E-state index >= 15 is 0 Å². The summed E-state index contributed by atoms with van der Waals surface area (Å²) in [5.74, 6) is 1.74. The number of oxazole rings is 1. The fourth-order valence-corrected chi connectivity index (χ4v) is 2.54. The van der Waals surface area contributed by atoms with Crippen LogP contribution < -0.4 is 5.32 Å². The molecule has 2 rings (SSSR count). The molecule has 1 aliphatic rings. The molecule has 1 aliphatic carbocycles. The number of nitriles is 1. The molecule has 1 fully saturated rings. The number of rotatable bonds is 3. The minimum Gasteiger partial charge on any atom is -0.444 e. The number of hydrogen-bond donors (Lipinski definition) is 1. The zero-order chi connectivity index (χ0) is 13.0. The van der Waals surface area contributed by atoms with Crippen LogP contribution in [0.3, 0.4) is 0 Å². The number of nitrogens with one attached hydrogen (secondary N) is 1. The van der Waals surface area contributed by atoms with Crippen LogP contribution in [0.2, 0.25) is 0 Å². The van der Waals surface area contributed by atoms with Crippen molar-refractivity contribution >= 4 is 0 Å². The molecule has 1 aromatic rings. The smallest absolute Gasteiger partial charge is 0.208 e. The molecule has 0 radical (unpaired) electrons. The van der Waals surface area contributed by atoms with Crippen LogP contribution in [0.15, 0.2) is 4.42 Å². The molecule has 0 bridgehead atoms. The van der Waals surface area contributed by atoms with Crippen LogP contribution >= 0.6 is 0 Å². The summed E-state index contributed by atoms with van der Waals surface area (Å²) in [5, 5.41) is 12.6. The molecule has 4 nitrogen and oxygen atoms in total. The molecule has 0 aliphatic heterocycles. The summed E-state index contributed by atoms with van der Waals surface area (Å²) in [5.41, 5.74) is 0.949. The summed E-state index contributed by atoms with van der Waals surface area (Å²) in [4.78, 5) is 4.36. The van der Waals surface area contributed by atoms with Crippen LogP contribution in [0.4, 0.5) is 0 Å². The Morgan fingerprint density at radius 1 is 1.33 bits per heavy atom. The summed E-state index contributed by atoms with van der Waals surface area (Å²) in [6.07, 6.45) is 5.72. The van der Waals surface area contributed by atoms with Crippen molar-refractivity contribution in [3.8, 4) is 6.07 Å². The first-order valence-electron chi connectivity index (χ1n) is 6.76. The van der Waals surface area contributed by atoms with Gasteiger partial charge in [0, 0.05) is 6.04 Å². The van der Waals surface area contributed by atoms with E-state index in [1.54, 1.807) is 0 Å². The third-order valence-corrected chi connectivity index (χ3v) is 3.77. The van der Waals surface area contributed by atoms with Gasteiger partial charge in [0.15, 0.2) is 0 Å². The van der Waals surface area contributed by atoms with Crippen molar-refractivity contribution in [2.24, 2.45) is 5.92 Å². The molecule has 1 heterocycles. The molecule has 4 heteroatoms. The highest BCUT2D eigenvalue weighted by Crippen LogP contribution is 2.23. The van der Waals surface area contributed by atoms with Crippen LogP contribution in [0.25, 0.3) is 0 Å². The third kappa shape index (κ3) is 3.11. The highest BCUT2D eigenvalue weighted by atomic mass is 16.4. The van der Waals surface area contributed by atoms with Crippen molar-refractivity contribution in [2.75, 3.05) is 0 Å².